The highest BCUT2D eigenvalue weighted by Gasteiger charge is 2.08. The first-order valence-corrected chi connectivity index (χ1v) is 4.61. The summed E-state index contributed by atoms with van der Waals surface area (Å²) in [6.07, 6.45) is 4.60. The Morgan fingerprint density at radius 2 is 2.17 bits per heavy atom. The van der Waals surface area contributed by atoms with Gasteiger partial charge in [0.1, 0.15) is 0 Å². The van der Waals surface area contributed by atoms with Crippen LogP contribution in [0.3, 0.4) is 0 Å². The molecule has 1 aliphatic carbocycles. The molecule has 0 aromatic heterocycles. The van der Waals surface area contributed by atoms with Crippen LogP contribution in [0, 0.1) is 0 Å². The van der Waals surface area contributed by atoms with Crippen LogP contribution in [0.15, 0.2) is 24.3 Å². The molecule has 0 atom stereocenters. The van der Waals surface area contributed by atoms with Crippen molar-refractivity contribution in [1.29, 1.82) is 0 Å². The second-order valence-electron chi connectivity index (χ2n) is 3.23. The first kappa shape index (κ1) is 7.88. The van der Waals surface area contributed by atoms with E-state index in [4.69, 9.17) is 11.6 Å². The first-order valence-electron chi connectivity index (χ1n) is 4.23. The molecule has 1 aromatic carbocycles. The number of fused-ring (bicyclic) bond motifs is 1. The van der Waals surface area contributed by atoms with Crippen molar-refractivity contribution in [1.82, 2.24) is 0 Å². The summed E-state index contributed by atoms with van der Waals surface area (Å²) >= 11 is 5.91. The molecule has 0 saturated carbocycles. The lowest BCUT2D eigenvalue weighted by atomic mass is 9.92. The minimum absolute atomic E-state index is 0.836. The van der Waals surface area contributed by atoms with Gasteiger partial charge in [-0.15, -0.1) is 0 Å². The highest BCUT2D eigenvalue weighted by molar-refractivity contribution is 6.30. The van der Waals surface area contributed by atoms with Gasteiger partial charge in [-0.2, -0.15) is 0 Å². The zero-order valence-corrected chi connectivity index (χ0v) is 7.86. The minimum atomic E-state index is 0.836. The van der Waals surface area contributed by atoms with Crippen LogP contribution in [-0.2, 0) is 6.42 Å². The Bertz CT molecular complexity index is 337. The van der Waals surface area contributed by atoms with Gasteiger partial charge in [-0.3, -0.25) is 0 Å². The van der Waals surface area contributed by atoms with Gasteiger partial charge in [0.15, 0.2) is 0 Å². The maximum atomic E-state index is 5.91. The minimum Gasteiger partial charge on any atom is -0.0843 e. The molecule has 1 aliphatic rings. The molecule has 0 spiro atoms. The number of rotatable bonds is 0. The van der Waals surface area contributed by atoms with Crippen molar-refractivity contribution < 1.29 is 0 Å². The molecule has 0 unspecified atom stereocenters. The quantitative estimate of drug-likeness (QED) is 0.569. The van der Waals surface area contributed by atoms with Gasteiger partial charge in [0, 0.05) is 5.02 Å². The van der Waals surface area contributed by atoms with Gasteiger partial charge in [-0.25, -0.2) is 0 Å². The van der Waals surface area contributed by atoms with Crippen LogP contribution in [-0.4, -0.2) is 0 Å². The van der Waals surface area contributed by atoms with Crippen LogP contribution in [0.5, 0.6) is 0 Å². The lowest BCUT2D eigenvalue weighted by Crippen LogP contribution is -1.96. The van der Waals surface area contributed by atoms with Crippen molar-refractivity contribution in [2.75, 3.05) is 0 Å². The highest BCUT2D eigenvalue weighted by atomic mass is 35.5. The van der Waals surface area contributed by atoms with E-state index in [1.54, 1.807) is 0 Å². The molecule has 0 amide bonds. The van der Waals surface area contributed by atoms with Gasteiger partial charge >= 0.3 is 0 Å². The molecular weight excluding hydrogens is 168 g/mol. The average Bonchev–Trinajstić information content (AvgIpc) is 2.07. The van der Waals surface area contributed by atoms with Crippen molar-refractivity contribution in [3.8, 4) is 0 Å². The smallest absolute Gasteiger partial charge is 0.0412 e. The van der Waals surface area contributed by atoms with Crippen molar-refractivity contribution >= 4 is 17.2 Å². The van der Waals surface area contributed by atoms with E-state index in [1.165, 1.54) is 23.1 Å². The number of hydrogen-bond acceptors (Lipinski definition) is 0. The fourth-order valence-electron chi connectivity index (χ4n) is 1.69. The summed E-state index contributed by atoms with van der Waals surface area (Å²) < 4.78 is 0. The van der Waals surface area contributed by atoms with Gasteiger partial charge in [-0.1, -0.05) is 23.7 Å². The molecule has 0 heterocycles. The Hall–Kier alpha value is -0.750. The molecule has 0 nitrogen and oxygen atoms in total. The van der Waals surface area contributed by atoms with E-state index in [9.17, 15) is 0 Å². The normalized spacial score (nSPS) is 15.3. The van der Waals surface area contributed by atoms with E-state index in [0.29, 0.717) is 0 Å². The van der Waals surface area contributed by atoms with Crippen molar-refractivity contribution in [2.24, 2.45) is 0 Å². The monoisotopic (exact) mass is 178 g/mol. The Labute approximate surface area is 77.9 Å². The Morgan fingerprint density at radius 3 is 3.00 bits per heavy atom. The summed E-state index contributed by atoms with van der Waals surface area (Å²) in [6.45, 7) is 2.15. The number of allylic oxidation sites excluding steroid dienone is 2. The van der Waals surface area contributed by atoms with Crippen LogP contribution >= 0.6 is 11.6 Å². The molecule has 1 heteroatoms. The maximum absolute atomic E-state index is 5.91. The van der Waals surface area contributed by atoms with Gasteiger partial charge in [0.2, 0.25) is 0 Å². The average molecular weight is 179 g/mol. The van der Waals surface area contributed by atoms with Crippen LogP contribution in [0.4, 0.5) is 0 Å². The number of aryl methyl sites for hydroxylation is 1. The van der Waals surface area contributed by atoms with Gasteiger partial charge in [-0.05, 0) is 48.6 Å². The molecule has 12 heavy (non-hydrogen) atoms. The maximum Gasteiger partial charge on any atom is 0.0412 e. The first-order chi connectivity index (χ1) is 5.77. The van der Waals surface area contributed by atoms with E-state index in [-0.39, 0.29) is 0 Å². The third-order valence-electron chi connectivity index (χ3n) is 2.36. The SMILES string of the molecule is CC1=CCCc2ccc(Cl)cc21. The Morgan fingerprint density at radius 1 is 1.33 bits per heavy atom. The molecule has 2 rings (SSSR count). The lowest BCUT2D eigenvalue weighted by Gasteiger charge is -2.14. The van der Waals surface area contributed by atoms with E-state index < -0.39 is 0 Å². The summed E-state index contributed by atoms with van der Waals surface area (Å²) in [5.74, 6) is 0. The lowest BCUT2D eigenvalue weighted by molar-refractivity contribution is 0.975. The molecule has 0 saturated heterocycles. The summed E-state index contributed by atoms with van der Waals surface area (Å²) in [6, 6.07) is 6.16. The zero-order valence-electron chi connectivity index (χ0n) is 7.10. The predicted octanol–water partition coefficient (Wildman–Crippen LogP) is 3.69. The standard InChI is InChI=1S/C11H11Cl/c1-8-3-2-4-9-5-6-10(12)7-11(8)9/h3,5-7H,2,4H2,1H3. The third-order valence-corrected chi connectivity index (χ3v) is 2.60. The second kappa shape index (κ2) is 2.95. The van der Waals surface area contributed by atoms with Crippen molar-refractivity contribution in [2.45, 2.75) is 19.8 Å². The predicted molar refractivity (Wildman–Crippen MR) is 53.4 cm³/mol. The molecule has 0 bridgehead atoms. The highest BCUT2D eigenvalue weighted by Crippen LogP contribution is 2.28. The van der Waals surface area contributed by atoms with Crippen LogP contribution < -0.4 is 0 Å². The topological polar surface area (TPSA) is 0 Å². The van der Waals surface area contributed by atoms with Crippen LogP contribution in [0.1, 0.15) is 24.5 Å². The number of halogens is 1. The summed E-state index contributed by atoms with van der Waals surface area (Å²) in [5, 5.41) is 0.836. The molecule has 0 N–H and O–H groups in total. The second-order valence-corrected chi connectivity index (χ2v) is 3.66. The number of benzene rings is 1. The summed E-state index contributed by atoms with van der Waals surface area (Å²) in [7, 11) is 0. The summed E-state index contributed by atoms with van der Waals surface area (Å²) in [4.78, 5) is 0. The molecule has 0 aliphatic heterocycles. The molecule has 1 aromatic rings. The van der Waals surface area contributed by atoms with Crippen molar-refractivity contribution in [3.05, 3.63) is 40.4 Å². The van der Waals surface area contributed by atoms with E-state index in [2.05, 4.69) is 25.1 Å². The molecule has 0 radical (unpaired) electrons. The fourth-order valence-corrected chi connectivity index (χ4v) is 1.86. The van der Waals surface area contributed by atoms with Crippen LogP contribution in [0.25, 0.3) is 5.57 Å². The largest absolute Gasteiger partial charge is 0.0843 e. The van der Waals surface area contributed by atoms with E-state index >= 15 is 0 Å². The molecule has 62 valence electrons. The third kappa shape index (κ3) is 1.27. The summed E-state index contributed by atoms with van der Waals surface area (Å²) in [5.41, 5.74) is 4.12. The fraction of sp³-hybridized carbons (Fsp3) is 0.273. The molecule has 0 fully saturated rings. The zero-order chi connectivity index (χ0) is 8.55. The Balaban J connectivity index is 2.58. The number of hydrogen-bond donors (Lipinski definition) is 0. The van der Waals surface area contributed by atoms with Gasteiger partial charge < -0.3 is 0 Å². The van der Waals surface area contributed by atoms with E-state index in [0.717, 1.165) is 11.4 Å². The Kier molecular flexibility index (Phi) is 1.93. The van der Waals surface area contributed by atoms with Crippen LogP contribution in [0.2, 0.25) is 5.02 Å². The molecular formula is C11H11Cl. The van der Waals surface area contributed by atoms with Gasteiger partial charge in [0.25, 0.3) is 0 Å². The van der Waals surface area contributed by atoms with Crippen molar-refractivity contribution in [3.63, 3.8) is 0 Å². The van der Waals surface area contributed by atoms with E-state index in [1.807, 2.05) is 6.07 Å². The van der Waals surface area contributed by atoms with Gasteiger partial charge in [0.05, 0.1) is 0 Å².